The number of rotatable bonds is 4. The smallest absolute Gasteiger partial charge is 0.410 e. The van der Waals surface area contributed by atoms with Gasteiger partial charge in [0.25, 0.3) is 0 Å². The molecule has 0 aliphatic carbocycles. The predicted octanol–water partition coefficient (Wildman–Crippen LogP) is 6.81. The van der Waals surface area contributed by atoms with Crippen molar-refractivity contribution >= 4 is 17.7 Å². The van der Waals surface area contributed by atoms with Gasteiger partial charge in [0.05, 0.1) is 11.6 Å². The van der Waals surface area contributed by atoms with Gasteiger partial charge in [-0.05, 0) is 101 Å². The SMILES string of the molecule is Cc1cc(C#CC=C2CCN(C(=O)OC(C)(C)C)CC2)cc(C)c1Oc1ccnc(Nc2ccc(C#N)cc2)n1. The maximum Gasteiger partial charge on any atom is 0.410 e. The van der Waals surface area contributed by atoms with Crippen molar-refractivity contribution in [2.45, 2.75) is 53.1 Å². The number of nitriles is 1. The molecule has 0 saturated carbocycles. The standard InChI is InChI=1S/C32H33N5O3/c1-22-19-26(8-6-7-24-14-17-37(18-15-24)31(38)40-32(3,4)5)20-23(2)29(22)39-28-13-16-34-30(36-28)35-27-11-9-25(21-33)10-12-27/h7,9-13,16,19-20H,14-15,17-18H2,1-5H3,(H,34,35,36). The van der Waals surface area contributed by atoms with Gasteiger partial charge in [-0.3, -0.25) is 0 Å². The molecule has 0 radical (unpaired) electrons. The fraction of sp³-hybridized carbons (Fsp3) is 0.312. The number of nitrogens with one attached hydrogen (secondary N) is 1. The number of allylic oxidation sites excluding steroid dienone is 1. The molecule has 1 fully saturated rings. The molecule has 0 bridgehead atoms. The van der Waals surface area contributed by atoms with Crippen molar-refractivity contribution in [3.63, 3.8) is 0 Å². The molecule has 1 N–H and O–H groups in total. The van der Waals surface area contributed by atoms with Gasteiger partial charge < -0.3 is 19.7 Å². The number of nitrogens with zero attached hydrogens (tertiary/aromatic N) is 4. The van der Waals surface area contributed by atoms with E-state index in [9.17, 15) is 4.79 Å². The Bertz CT molecular complexity index is 1490. The average molecular weight is 536 g/mol. The number of carbonyl (C=O) groups excluding carboxylic acids is 1. The van der Waals surface area contributed by atoms with Crippen molar-refractivity contribution in [2.75, 3.05) is 18.4 Å². The topological polar surface area (TPSA) is 100 Å². The molecule has 1 saturated heterocycles. The third-order valence-electron chi connectivity index (χ3n) is 6.12. The number of benzene rings is 2. The highest BCUT2D eigenvalue weighted by Gasteiger charge is 2.24. The first kappa shape index (κ1) is 28.2. The van der Waals surface area contributed by atoms with Crippen LogP contribution in [0.2, 0.25) is 0 Å². The molecular weight excluding hydrogens is 502 g/mol. The molecule has 0 unspecified atom stereocenters. The van der Waals surface area contributed by atoms with Crippen molar-refractivity contribution < 1.29 is 14.3 Å². The molecule has 4 rings (SSSR count). The van der Waals surface area contributed by atoms with E-state index in [4.69, 9.17) is 14.7 Å². The summed E-state index contributed by atoms with van der Waals surface area (Å²) in [6.07, 6.45) is 4.92. The van der Waals surface area contributed by atoms with E-state index in [1.165, 1.54) is 5.57 Å². The van der Waals surface area contributed by atoms with Crippen LogP contribution in [-0.2, 0) is 4.74 Å². The third kappa shape index (κ3) is 7.85. The number of aryl methyl sites for hydroxylation is 2. The lowest BCUT2D eigenvalue weighted by molar-refractivity contribution is 0.0236. The zero-order valence-electron chi connectivity index (χ0n) is 23.5. The highest BCUT2D eigenvalue weighted by Crippen LogP contribution is 2.29. The summed E-state index contributed by atoms with van der Waals surface area (Å²) in [6.45, 7) is 10.9. The summed E-state index contributed by atoms with van der Waals surface area (Å²) in [5, 5.41) is 12.1. The van der Waals surface area contributed by atoms with Crippen LogP contribution >= 0.6 is 0 Å². The minimum atomic E-state index is -0.488. The normalized spacial score (nSPS) is 13.0. The van der Waals surface area contributed by atoms with Crippen LogP contribution in [0.25, 0.3) is 0 Å². The number of likely N-dealkylation sites (tertiary alicyclic amines) is 1. The van der Waals surface area contributed by atoms with Crippen LogP contribution in [0.5, 0.6) is 11.6 Å². The lowest BCUT2D eigenvalue weighted by Crippen LogP contribution is -2.40. The fourth-order valence-corrected chi connectivity index (χ4v) is 4.17. The van der Waals surface area contributed by atoms with Gasteiger partial charge >= 0.3 is 6.09 Å². The molecule has 8 heteroatoms. The first-order valence-corrected chi connectivity index (χ1v) is 13.2. The fourth-order valence-electron chi connectivity index (χ4n) is 4.17. The molecular formula is C32H33N5O3. The third-order valence-corrected chi connectivity index (χ3v) is 6.12. The molecule has 8 nitrogen and oxygen atoms in total. The van der Waals surface area contributed by atoms with E-state index in [-0.39, 0.29) is 6.09 Å². The zero-order chi connectivity index (χ0) is 28.7. The molecule has 2 aromatic carbocycles. The summed E-state index contributed by atoms with van der Waals surface area (Å²) < 4.78 is 11.6. The Hall–Kier alpha value is -4.82. The minimum absolute atomic E-state index is 0.258. The molecule has 1 aliphatic heterocycles. The zero-order valence-corrected chi connectivity index (χ0v) is 23.5. The van der Waals surface area contributed by atoms with Crippen molar-refractivity contribution in [3.05, 3.63) is 82.6 Å². The number of aromatic nitrogens is 2. The van der Waals surface area contributed by atoms with Crippen LogP contribution in [0.1, 0.15) is 55.9 Å². The largest absolute Gasteiger partial charge is 0.444 e. The number of hydrogen-bond donors (Lipinski definition) is 1. The highest BCUT2D eigenvalue weighted by atomic mass is 16.6. The van der Waals surface area contributed by atoms with Gasteiger partial charge in [0.1, 0.15) is 11.4 Å². The lowest BCUT2D eigenvalue weighted by atomic mass is 10.0. The number of carbonyl (C=O) groups is 1. The van der Waals surface area contributed by atoms with Crippen molar-refractivity contribution in [3.8, 4) is 29.5 Å². The Kier molecular flexibility index (Phi) is 8.71. The summed E-state index contributed by atoms with van der Waals surface area (Å²) in [6, 6.07) is 14.8. The Morgan fingerprint density at radius 3 is 2.35 bits per heavy atom. The van der Waals surface area contributed by atoms with Crippen LogP contribution in [-0.4, -0.2) is 39.7 Å². The number of ether oxygens (including phenoxy) is 2. The van der Waals surface area contributed by atoms with E-state index >= 15 is 0 Å². The van der Waals surface area contributed by atoms with Crippen molar-refractivity contribution in [1.29, 1.82) is 5.26 Å². The van der Waals surface area contributed by atoms with Crippen LogP contribution in [0.3, 0.4) is 0 Å². The summed E-state index contributed by atoms with van der Waals surface area (Å²) in [7, 11) is 0. The Balaban J connectivity index is 1.38. The van der Waals surface area contributed by atoms with Gasteiger partial charge in [-0.1, -0.05) is 17.4 Å². The van der Waals surface area contributed by atoms with Crippen LogP contribution < -0.4 is 10.1 Å². The number of hydrogen-bond acceptors (Lipinski definition) is 7. The van der Waals surface area contributed by atoms with Gasteiger partial charge in [0, 0.05) is 36.6 Å². The molecule has 2 heterocycles. The van der Waals surface area contributed by atoms with E-state index in [0.29, 0.717) is 30.5 Å². The number of anilines is 2. The predicted molar refractivity (Wildman–Crippen MR) is 154 cm³/mol. The Morgan fingerprint density at radius 1 is 1.05 bits per heavy atom. The quantitative estimate of drug-likeness (QED) is 0.366. The molecule has 0 spiro atoms. The Morgan fingerprint density at radius 2 is 1.73 bits per heavy atom. The van der Waals surface area contributed by atoms with Gasteiger partial charge in [-0.25, -0.2) is 9.78 Å². The van der Waals surface area contributed by atoms with E-state index in [2.05, 4.69) is 33.2 Å². The van der Waals surface area contributed by atoms with Gasteiger partial charge in [0.15, 0.2) is 0 Å². The summed E-state index contributed by atoms with van der Waals surface area (Å²) >= 11 is 0. The van der Waals surface area contributed by atoms with Crippen molar-refractivity contribution in [2.24, 2.45) is 0 Å². The lowest BCUT2D eigenvalue weighted by Gasteiger charge is -2.30. The van der Waals surface area contributed by atoms with Gasteiger partial charge in [-0.2, -0.15) is 10.2 Å². The van der Waals surface area contributed by atoms with Crippen molar-refractivity contribution in [1.82, 2.24) is 14.9 Å². The first-order valence-electron chi connectivity index (χ1n) is 13.2. The number of amides is 1. The molecule has 40 heavy (non-hydrogen) atoms. The van der Waals surface area contributed by atoms with Crippen LogP contribution in [0, 0.1) is 37.0 Å². The van der Waals surface area contributed by atoms with Gasteiger partial charge in [0.2, 0.25) is 11.8 Å². The van der Waals surface area contributed by atoms with Crippen LogP contribution in [0.15, 0.2) is 60.3 Å². The first-order chi connectivity index (χ1) is 19.1. The second kappa shape index (κ2) is 12.4. The highest BCUT2D eigenvalue weighted by molar-refractivity contribution is 5.68. The van der Waals surface area contributed by atoms with E-state index in [0.717, 1.165) is 41.0 Å². The summed E-state index contributed by atoms with van der Waals surface area (Å²) in [5.41, 5.74) is 4.89. The Labute approximate surface area is 235 Å². The average Bonchev–Trinajstić information content (AvgIpc) is 2.91. The van der Waals surface area contributed by atoms with E-state index in [1.54, 1.807) is 41.4 Å². The molecule has 1 amide bonds. The molecule has 1 aliphatic rings. The second-order valence-electron chi connectivity index (χ2n) is 10.6. The molecule has 3 aromatic rings. The van der Waals surface area contributed by atoms with Gasteiger partial charge in [-0.15, -0.1) is 0 Å². The number of piperidine rings is 1. The minimum Gasteiger partial charge on any atom is -0.444 e. The summed E-state index contributed by atoms with van der Waals surface area (Å²) in [4.78, 5) is 22.7. The maximum absolute atomic E-state index is 12.3. The summed E-state index contributed by atoms with van der Waals surface area (Å²) in [5.74, 6) is 7.94. The second-order valence-corrected chi connectivity index (χ2v) is 10.6. The monoisotopic (exact) mass is 535 g/mol. The van der Waals surface area contributed by atoms with Crippen LogP contribution in [0.4, 0.5) is 16.4 Å². The van der Waals surface area contributed by atoms with E-state index < -0.39 is 5.60 Å². The molecule has 0 atom stereocenters. The molecule has 204 valence electrons. The molecule has 1 aromatic heterocycles. The van der Waals surface area contributed by atoms with E-state index in [1.807, 2.05) is 52.8 Å². The maximum atomic E-state index is 12.3.